The van der Waals surface area contributed by atoms with Crippen LogP contribution in [-0.2, 0) is 23.8 Å². The number of Topliss-reactive ketones (excluding diaryl/α,β-unsaturated/α-hetero) is 1. The van der Waals surface area contributed by atoms with Crippen molar-refractivity contribution in [1.82, 2.24) is 9.88 Å². The largest absolute Gasteiger partial charge is 0.505 e. The third kappa shape index (κ3) is 9.17. The van der Waals surface area contributed by atoms with Gasteiger partial charge in [-0.05, 0) is 76.2 Å². The molecule has 15 nitrogen and oxygen atoms in total. The summed E-state index contributed by atoms with van der Waals surface area (Å²) in [6, 6.07) is 5.15. The summed E-state index contributed by atoms with van der Waals surface area (Å²) in [6.45, 7) is 18.0. The van der Waals surface area contributed by atoms with Gasteiger partial charge in [-0.3, -0.25) is 19.2 Å². The Morgan fingerprint density at radius 3 is 2.47 bits per heavy atom. The number of allylic oxidation sites excluding steroid dienone is 2. The minimum atomic E-state index is -2.00. The number of phenols is 1. The zero-order chi connectivity index (χ0) is 47.9. The molecule has 0 spiro atoms. The van der Waals surface area contributed by atoms with E-state index in [9.17, 15) is 29.4 Å². The first-order valence-corrected chi connectivity index (χ1v) is 22.8. The highest BCUT2D eigenvalue weighted by molar-refractivity contribution is 6.26. The van der Waals surface area contributed by atoms with Crippen molar-refractivity contribution in [3.05, 3.63) is 75.7 Å². The molecule has 4 heterocycles. The second-order valence-corrected chi connectivity index (χ2v) is 18.8. The van der Waals surface area contributed by atoms with Crippen LogP contribution < -0.4 is 20.2 Å². The molecule has 4 aromatic rings. The van der Waals surface area contributed by atoms with Crippen molar-refractivity contribution in [2.75, 3.05) is 39.2 Å². The van der Waals surface area contributed by atoms with E-state index >= 15 is 0 Å². The van der Waals surface area contributed by atoms with Crippen molar-refractivity contribution < 1.29 is 52.7 Å². The number of methoxy groups -OCH3 is 1. The van der Waals surface area contributed by atoms with Crippen molar-refractivity contribution in [1.29, 1.82) is 0 Å². The molecule has 0 aliphatic carbocycles. The number of rotatable bonds is 5. The number of phenolic OH excluding ortho intramolecular Hbond substituents is 1. The molecule has 1 saturated heterocycles. The van der Waals surface area contributed by atoms with E-state index in [1.807, 2.05) is 34.6 Å². The number of esters is 1. The van der Waals surface area contributed by atoms with Crippen molar-refractivity contribution in [2.24, 2.45) is 35.5 Å². The summed E-state index contributed by atoms with van der Waals surface area (Å²) < 4.78 is 37.0. The van der Waals surface area contributed by atoms with Crippen LogP contribution in [0.1, 0.15) is 84.2 Å². The van der Waals surface area contributed by atoms with E-state index in [1.54, 1.807) is 49.4 Å². The van der Waals surface area contributed by atoms with Crippen molar-refractivity contribution in [3.8, 4) is 17.2 Å². The lowest BCUT2D eigenvalue weighted by Crippen LogP contribution is -2.43. The Morgan fingerprint density at radius 2 is 1.77 bits per heavy atom. The molecular weight excluding hydrogens is 847 g/mol. The summed E-state index contributed by atoms with van der Waals surface area (Å²) in [5.41, 5.74) is -0.197. The first-order chi connectivity index (χ1) is 31.3. The number of carbonyl (C=O) groups is 3. The number of hydrogen-bond acceptors (Lipinski definition) is 14. The van der Waals surface area contributed by atoms with Crippen LogP contribution in [-0.4, -0.2) is 95.7 Å². The van der Waals surface area contributed by atoms with Crippen LogP contribution in [0.4, 0.5) is 5.69 Å². The van der Waals surface area contributed by atoms with Crippen molar-refractivity contribution in [3.63, 3.8) is 0 Å². The first-order valence-electron chi connectivity index (χ1n) is 22.8. The summed E-state index contributed by atoms with van der Waals surface area (Å²) >= 11 is 0. The van der Waals surface area contributed by atoms with Crippen molar-refractivity contribution in [2.45, 2.75) is 99.3 Å². The molecule has 0 saturated carbocycles. The number of aliphatic hydroxyl groups is 1. The van der Waals surface area contributed by atoms with Gasteiger partial charge in [0.2, 0.25) is 0 Å². The first kappa shape index (κ1) is 48.2. The molecule has 354 valence electrons. The van der Waals surface area contributed by atoms with E-state index in [0.29, 0.717) is 23.8 Å². The quantitative estimate of drug-likeness (QED) is 0.0754. The molecule has 10 atom stereocenters. The molecule has 1 unspecified atom stereocenters. The van der Waals surface area contributed by atoms with Gasteiger partial charge in [0.15, 0.2) is 22.3 Å². The molecule has 66 heavy (non-hydrogen) atoms. The molecule has 3 N–H and O–H groups in total. The van der Waals surface area contributed by atoms with Crippen LogP contribution in [0.25, 0.3) is 33.0 Å². The van der Waals surface area contributed by atoms with E-state index in [0.717, 1.165) is 25.9 Å². The van der Waals surface area contributed by atoms with Gasteiger partial charge < -0.3 is 48.5 Å². The highest BCUT2D eigenvalue weighted by atomic mass is 16.7. The fourth-order valence-electron chi connectivity index (χ4n) is 9.71. The number of ketones is 1. The fraction of sp³-hybridized carbons (Fsp3) is 0.510. The number of amides is 1. The second-order valence-electron chi connectivity index (χ2n) is 18.8. The van der Waals surface area contributed by atoms with Gasteiger partial charge in [0.25, 0.3) is 11.7 Å². The number of ether oxygens (including phenoxy) is 5. The number of benzene rings is 3. The Kier molecular flexibility index (Phi) is 14.0. The standard InChI is InChI=1S/C51H63N3O12/c1-25-14-12-15-26(2)50(60)53-42-45(58)39-38(41-48(42)65-37-22-34(17-18-35(37)52-41)62-24-33-16-13-20-54(10)23-33)40-47(31(7)44(39)57)66-51(9,49(40)59)63-21-19-36(61-11)30(6)46(64-32(8)55)29(5)27(3)28(4)43(25)56/h12,14-15,17-19,21-22,25,27-30,33,36,43,46,56,58H,13,16,20,23-24H2,1-11H3,(H,53,60)/b14-12+,21-19+,26-15-/t25-,27+,28-,29+,30+,33?,36-,43-,46-,51-/m0/s1. The van der Waals surface area contributed by atoms with Crippen LogP contribution >= 0.6 is 0 Å². The number of aromatic nitrogens is 1. The Morgan fingerprint density at radius 1 is 1.03 bits per heavy atom. The van der Waals surface area contributed by atoms with Crippen LogP contribution in [0.15, 0.2) is 63.6 Å². The number of anilines is 1. The minimum absolute atomic E-state index is 0.00986. The topological polar surface area (TPSA) is 196 Å². The molecule has 3 aromatic carbocycles. The van der Waals surface area contributed by atoms with E-state index in [2.05, 4.69) is 17.3 Å². The molecule has 1 amide bonds. The molecule has 3 aliphatic rings. The molecule has 3 aliphatic heterocycles. The number of fused-ring (bicyclic) bond motifs is 2. The number of hydrogen-bond donors (Lipinski definition) is 3. The highest BCUT2D eigenvalue weighted by Gasteiger charge is 2.49. The Labute approximate surface area is 384 Å². The third-order valence-corrected chi connectivity index (χ3v) is 14.1. The fourth-order valence-corrected chi connectivity index (χ4v) is 9.71. The molecule has 15 heteroatoms. The highest BCUT2D eigenvalue weighted by Crippen LogP contribution is 2.48. The smallest absolute Gasteiger partial charge is 0.312 e. The summed E-state index contributed by atoms with van der Waals surface area (Å²) in [6.07, 6.45) is 7.93. The van der Waals surface area contributed by atoms with E-state index < -0.39 is 58.9 Å². The number of likely N-dealkylation sites (tertiary alicyclic amines) is 1. The number of piperidine rings is 1. The number of nitrogens with zero attached hydrogens (tertiary/aromatic N) is 2. The SMILES string of the molecule is CO[C@H]1/C=C/O[C@@]2(C)Oc3c(C)c(=O)c4c(O)c(c5oc6cc(OCC7CCCN(C)C7)ccc6nc5c4c3C2=O)NC(=O)/C(C)=C\C=C\[C@H](C)[C@H](O)[C@@H](C)[C@@H](C)[C@@H](C)[C@H](OC(C)=O)[C@@H]1C. The van der Waals surface area contributed by atoms with Gasteiger partial charge in [0, 0.05) is 67.8 Å². The maximum Gasteiger partial charge on any atom is 0.312 e. The van der Waals surface area contributed by atoms with Crippen molar-refractivity contribution >= 4 is 56.3 Å². The van der Waals surface area contributed by atoms with Gasteiger partial charge in [0.1, 0.15) is 34.3 Å². The monoisotopic (exact) mass is 909 g/mol. The molecule has 1 aromatic heterocycles. The van der Waals surface area contributed by atoms with E-state index in [4.69, 9.17) is 33.1 Å². The molecule has 0 radical (unpaired) electrons. The minimum Gasteiger partial charge on any atom is -0.505 e. The lowest BCUT2D eigenvalue weighted by atomic mass is 9.73. The second kappa shape index (κ2) is 19.2. The Hall–Kier alpha value is -5.77. The molecular formula is C51H63N3O12. The number of carbonyl (C=O) groups excluding carboxylic acids is 3. The van der Waals surface area contributed by atoms with Gasteiger partial charge in [-0.25, -0.2) is 4.98 Å². The summed E-state index contributed by atoms with van der Waals surface area (Å²) in [7, 11) is 3.60. The average Bonchev–Trinajstić information content (AvgIpc) is 3.55. The van der Waals surface area contributed by atoms with E-state index in [1.165, 1.54) is 34.1 Å². The van der Waals surface area contributed by atoms with Crippen LogP contribution in [0.2, 0.25) is 0 Å². The normalized spacial score (nSPS) is 31.0. The maximum atomic E-state index is 14.8. The number of nitrogens with one attached hydrogen (secondary N) is 1. The zero-order valence-electron chi connectivity index (χ0n) is 39.7. The molecule has 4 bridgehead atoms. The van der Waals surface area contributed by atoms with Gasteiger partial charge in [-0.15, -0.1) is 0 Å². The lowest BCUT2D eigenvalue weighted by molar-refractivity contribution is -0.157. The zero-order valence-corrected chi connectivity index (χ0v) is 39.7. The molecule has 1 fully saturated rings. The Bertz CT molecular complexity index is 2710. The summed E-state index contributed by atoms with van der Waals surface area (Å²) in [5, 5.41) is 26.2. The lowest BCUT2D eigenvalue weighted by Gasteiger charge is -2.39. The summed E-state index contributed by atoms with van der Waals surface area (Å²) in [4.78, 5) is 62.9. The number of aromatic hydroxyl groups is 1. The van der Waals surface area contributed by atoms with Gasteiger partial charge in [0.05, 0.1) is 36.0 Å². The third-order valence-electron chi connectivity index (χ3n) is 14.1. The summed E-state index contributed by atoms with van der Waals surface area (Å²) in [5.74, 6) is -5.01. The van der Waals surface area contributed by atoms with Crippen LogP contribution in [0, 0.1) is 42.4 Å². The van der Waals surface area contributed by atoms with Crippen LogP contribution in [0.3, 0.4) is 0 Å². The van der Waals surface area contributed by atoms with Gasteiger partial charge in [-0.1, -0.05) is 52.8 Å². The predicted octanol–water partition coefficient (Wildman–Crippen LogP) is 7.99. The van der Waals surface area contributed by atoms with E-state index in [-0.39, 0.29) is 79.3 Å². The van der Waals surface area contributed by atoms with Gasteiger partial charge in [-0.2, -0.15) is 0 Å². The van der Waals surface area contributed by atoms with Gasteiger partial charge >= 0.3 is 11.8 Å². The van der Waals surface area contributed by atoms with Crippen LogP contribution in [0.5, 0.6) is 17.2 Å². The molecule has 7 rings (SSSR count). The predicted molar refractivity (Wildman–Crippen MR) is 251 cm³/mol. The maximum absolute atomic E-state index is 14.8. The Balaban J connectivity index is 1.40. The average molecular weight is 910 g/mol. The number of aliphatic hydroxyl groups excluding tert-OH is 1.